The Morgan fingerprint density at radius 3 is 2.31 bits per heavy atom. The number of aromatic carboxylic acids is 1. The molecule has 5 nitrogen and oxygen atoms in total. The minimum absolute atomic E-state index is 0.827. The molecule has 13 heavy (non-hydrogen) atoms. The molecule has 0 amide bonds. The van der Waals surface area contributed by atoms with Crippen LogP contribution in [0.25, 0.3) is 0 Å². The SMILES string of the molecule is Nc1c(C(=O)O)n[nH]c1C(F)(F)F. The number of nitrogen functional groups attached to an aromatic ring is 1. The summed E-state index contributed by atoms with van der Waals surface area (Å²) < 4.78 is 35.9. The molecule has 1 rings (SSSR count). The molecule has 1 heterocycles. The fourth-order valence-electron chi connectivity index (χ4n) is 0.730. The number of hydrogen-bond acceptors (Lipinski definition) is 3. The zero-order valence-corrected chi connectivity index (χ0v) is 6.01. The lowest BCUT2D eigenvalue weighted by molar-refractivity contribution is -0.140. The van der Waals surface area contributed by atoms with Crippen molar-refractivity contribution in [2.75, 3.05) is 5.73 Å². The van der Waals surface area contributed by atoms with E-state index in [0.29, 0.717) is 0 Å². The Morgan fingerprint density at radius 1 is 1.54 bits per heavy atom. The molecule has 1 aromatic heterocycles. The summed E-state index contributed by atoms with van der Waals surface area (Å²) in [6, 6.07) is 0. The molecule has 0 radical (unpaired) electrons. The van der Waals surface area contributed by atoms with Crippen molar-refractivity contribution < 1.29 is 23.1 Å². The minimum atomic E-state index is -4.72. The lowest BCUT2D eigenvalue weighted by atomic mass is 10.3. The molecule has 0 spiro atoms. The monoisotopic (exact) mass is 195 g/mol. The summed E-state index contributed by atoms with van der Waals surface area (Å²) in [4.78, 5) is 10.2. The van der Waals surface area contributed by atoms with E-state index in [-0.39, 0.29) is 0 Å². The highest BCUT2D eigenvalue weighted by molar-refractivity contribution is 5.91. The maximum absolute atomic E-state index is 12.0. The summed E-state index contributed by atoms with van der Waals surface area (Å²) in [5.41, 5.74) is 1.82. The Morgan fingerprint density at radius 2 is 2.08 bits per heavy atom. The number of alkyl halides is 3. The topological polar surface area (TPSA) is 92.0 Å². The third kappa shape index (κ3) is 1.55. The van der Waals surface area contributed by atoms with Crippen LogP contribution in [0.5, 0.6) is 0 Å². The van der Waals surface area contributed by atoms with Gasteiger partial charge in [0.25, 0.3) is 0 Å². The van der Waals surface area contributed by atoms with Gasteiger partial charge in [0.2, 0.25) is 0 Å². The number of aromatic nitrogens is 2. The number of hydrogen-bond donors (Lipinski definition) is 3. The van der Waals surface area contributed by atoms with Crippen LogP contribution in [0.2, 0.25) is 0 Å². The molecule has 0 aliphatic heterocycles. The highest BCUT2D eigenvalue weighted by Crippen LogP contribution is 2.32. The number of carbonyl (C=O) groups is 1. The highest BCUT2D eigenvalue weighted by atomic mass is 19.4. The zero-order valence-electron chi connectivity index (χ0n) is 6.01. The van der Waals surface area contributed by atoms with Crippen molar-refractivity contribution in [1.29, 1.82) is 0 Å². The Kier molecular flexibility index (Phi) is 1.90. The van der Waals surface area contributed by atoms with Crippen LogP contribution in [0.3, 0.4) is 0 Å². The molecule has 8 heteroatoms. The van der Waals surface area contributed by atoms with Crippen LogP contribution in [0.1, 0.15) is 16.2 Å². The summed E-state index contributed by atoms with van der Waals surface area (Å²) in [7, 11) is 0. The van der Waals surface area contributed by atoms with Crippen molar-refractivity contribution in [3.05, 3.63) is 11.4 Å². The van der Waals surface area contributed by atoms with Gasteiger partial charge in [0, 0.05) is 0 Å². The first-order chi connectivity index (χ1) is 5.84. The van der Waals surface area contributed by atoms with E-state index < -0.39 is 29.2 Å². The average Bonchev–Trinajstić information content (AvgIpc) is 2.28. The third-order valence-electron chi connectivity index (χ3n) is 1.29. The molecular weight excluding hydrogens is 191 g/mol. The summed E-state index contributed by atoms with van der Waals surface area (Å²) in [5, 5.41) is 12.7. The molecule has 0 aliphatic rings. The molecule has 0 saturated carbocycles. The van der Waals surface area contributed by atoms with Gasteiger partial charge in [0.15, 0.2) is 11.4 Å². The van der Waals surface area contributed by atoms with Crippen LogP contribution < -0.4 is 5.73 Å². The molecule has 0 bridgehead atoms. The van der Waals surface area contributed by atoms with Gasteiger partial charge in [-0.15, -0.1) is 0 Å². The maximum Gasteiger partial charge on any atom is 0.434 e. The van der Waals surface area contributed by atoms with Crippen molar-refractivity contribution in [2.45, 2.75) is 6.18 Å². The summed E-state index contributed by atoms with van der Waals surface area (Å²) in [5.74, 6) is -1.61. The van der Waals surface area contributed by atoms with E-state index in [1.165, 1.54) is 5.10 Å². The fraction of sp³-hybridized carbons (Fsp3) is 0.200. The van der Waals surface area contributed by atoms with Gasteiger partial charge in [0.1, 0.15) is 0 Å². The predicted octanol–water partition coefficient (Wildman–Crippen LogP) is 0.709. The van der Waals surface area contributed by atoms with Crippen LogP contribution in [0, 0.1) is 0 Å². The lowest BCUT2D eigenvalue weighted by Gasteiger charge is -2.02. The van der Waals surface area contributed by atoms with E-state index >= 15 is 0 Å². The molecule has 0 saturated heterocycles. The number of rotatable bonds is 1. The average molecular weight is 195 g/mol. The van der Waals surface area contributed by atoms with Crippen molar-refractivity contribution in [3.8, 4) is 0 Å². The Labute approximate surface area is 69.4 Å². The Balaban J connectivity index is 3.22. The van der Waals surface area contributed by atoms with Crippen LogP contribution in [-0.2, 0) is 6.18 Å². The molecule has 4 N–H and O–H groups in total. The van der Waals surface area contributed by atoms with Gasteiger partial charge in [-0.2, -0.15) is 18.3 Å². The Hall–Kier alpha value is -1.73. The standard InChI is InChI=1S/C5H4F3N3O2/c6-5(7,8)3-1(9)2(4(12)13)10-11-3/h9H2,(H,10,11)(H,12,13). The number of H-pyrrole nitrogens is 1. The molecule has 72 valence electrons. The number of anilines is 1. The van der Waals surface area contributed by atoms with Gasteiger partial charge in [-0.05, 0) is 0 Å². The fourth-order valence-corrected chi connectivity index (χ4v) is 0.730. The Bertz CT molecular complexity index is 343. The van der Waals surface area contributed by atoms with Crippen LogP contribution in [0.15, 0.2) is 0 Å². The first-order valence-electron chi connectivity index (χ1n) is 2.98. The first-order valence-corrected chi connectivity index (χ1v) is 2.98. The zero-order chi connectivity index (χ0) is 10.2. The van der Waals surface area contributed by atoms with Crippen LogP contribution in [-0.4, -0.2) is 21.3 Å². The molecular formula is C5H4F3N3O2. The van der Waals surface area contributed by atoms with E-state index in [1.54, 1.807) is 0 Å². The second-order valence-corrected chi connectivity index (χ2v) is 2.16. The van der Waals surface area contributed by atoms with Crippen molar-refractivity contribution in [1.82, 2.24) is 10.2 Å². The van der Waals surface area contributed by atoms with Crippen LogP contribution in [0.4, 0.5) is 18.9 Å². The van der Waals surface area contributed by atoms with E-state index in [2.05, 4.69) is 5.10 Å². The van der Waals surface area contributed by atoms with Gasteiger partial charge in [-0.3, -0.25) is 5.10 Å². The lowest BCUT2D eigenvalue weighted by Crippen LogP contribution is -2.09. The van der Waals surface area contributed by atoms with Crippen molar-refractivity contribution in [3.63, 3.8) is 0 Å². The normalized spacial score (nSPS) is 11.6. The van der Waals surface area contributed by atoms with E-state index in [9.17, 15) is 18.0 Å². The number of nitrogens with two attached hydrogens (primary N) is 1. The number of carboxylic acid groups (broad SMARTS) is 1. The number of nitrogens with zero attached hydrogens (tertiary/aromatic N) is 1. The number of carboxylic acids is 1. The summed E-state index contributed by atoms with van der Waals surface area (Å²) in [6.45, 7) is 0. The number of nitrogens with one attached hydrogen (secondary N) is 1. The van der Waals surface area contributed by atoms with Crippen molar-refractivity contribution >= 4 is 11.7 Å². The van der Waals surface area contributed by atoms with Gasteiger partial charge in [-0.25, -0.2) is 4.79 Å². The third-order valence-corrected chi connectivity index (χ3v) is 1.29. The van der Waals surface area contributed by atoms with E-state index in [1.807, 2.05) is 0 Å². The molecule has 0 unspecified atom stereocenters. The summed E-state index contributed by atoms with van der Waals surface area (Å²) in [6.07, 6.45) is -4.72. The number of aromatic amines is 1. The van der Waals surface area contributed by atoms with Gasteiger partial charge < -0.3 is 10.8 Å². The van der Waals surface area contributed by atoms with Gasteiger partial charge in [-0.1, -0.05) is 0 Å². The molecule has 0 aliphatic carbocycles. The summed E-state index contributed by atoms with van der Waals surface area (Å²) >= 11 is 0. The van der Waals surface area contributed by atoms with Crippen LogP contribution >= 0.6 is 0 Å². The second kappa shape index (κ2) is 2.64. The quantitative estimate of drug-likeness (QED) is 0.615. The maximum atomic E-state index is 12.0. The number of halogens is 3. The predicted molar refractivity (Wildman–Crippen MR) is 35.0 cm³/mol. The smallest absolute Gasteiger partial charge is 0.434 e. The first kappa shape index (κ1) is 9.36. The molecule has 0 fully saturated rings. The van der Waals surface area contributed by atoms with Crippen molar-refractivity contribution in [2.24, 2.45) is 0 Å². The minimum Gasteiger partial charge on any atom is -0.476 e. The van der Waals surface area contributed by atoms with E-state index in [0.717, 1.165) is 0 Å². The van der Waals surface area contributed by atoms with Gasteiger partial charge >= 0.3 is 12.1 Å². The second-order valence-electron chi connectivity index (χ2n) is 2.16. The molecule has 1 aromatic rings. The molecule has 0 aromatic carbocycles. The van der Waals surface area contributed by atoms with Gasteiger partial charge in [0.05, 0.1) is 5.69 Å². The molecule has 0 atom stereocenters. The highest BCUT2D eigenvalue weighted by Gasteiger charge is 2.37. The van der Waals surface area contributed by atoms with E-state index in [4.69, 9.17) is 10.8 Å². The largest absolute Gasteiger partial charge is 0.476 e.